The van der Waals surface area contributed by atoms with Gasteiger partial charge in [-0.3, -0.25) is 4.79 Å². The Hall–Kier alpha value is -2.93. The van der Waals surface area contributed by atoms with Gasteiger partial charge in [-0.2, -0.15) is 0 Å². The summed E-state index contributed by atoms with van der Waals surface area (Å²) in [5, 5.41) is 2.93. The van der Waals surface area contributed by atoms with E-state index in [1.165, 1.54) is 0 Å². The van der Waals surface area contributed by atoms with Crippen molar-refractivity contribution in [2.24, 2.45) is 5.41 Å². The number of fused-ring (bicyclic) bond motifs is 2. The van der Waals surface area contributed by atoms with Crippen molar-refractivity contribution in [3.63, 3.8) is 0 Å². The minimum absolute atomic E-state index is 0.111. The van der Waals surface area contributed by atoms with Gasteiger partial charge in [-0.15, -0.1) is 0 Å². The zero-order valence-electron chi connectivity index (χ0n) is 17.7. The fourth-order valence-corrected chi connectivity index (χ4v) is 4.79. The second kappa shape index (κ2) is 6.80. The quantitative estimate of drug-likeness (QED) is 0.728. The summed E-state index contributed by atoms with van der Waals surface area (Å²) in [5.74, 6) is 0.259. The molecule has 7 nitrogen and oxygen atoms in total. The summed E-state index contributed by atoms with van der Waals surface area (Å²) < 4.78 is 0. The highest BCUT2D eigenvalue weighted by Gasteiger charge is 2.48. The number of nitrogens with zero attached hydrogens (tertiary/aromatic N) is 4. The third-order valence-corrected chi connectivity index (χ3v) is 6.91. The molecule has 0 saturated carbocycles. The van der Waals surface area contributed by atoms with E-state index in [4.69, 9.17) is 0 Å². The van der Waals surface area contributed by atoms with Crippen LogP contribution in [0.5, 0.6) is 0 Å². The van der Waals surface area contributed by atoms with E-state index in [1.54, 1.807) is 23.2 Å². The van der Waals surface area contributed by atoms with Crippen molar-refractivity contribution in [2.75, 3.05) is 43.4 Å². The number of carbonyl (C=O) groups is 2. The minimum Gasteiger partial charge on any atom is -0.323 e. The van der Waals surface area contributed by atoms with Crippen LogP contribution in [0, 0.1) is 19.3 Å². The molecule has 1 aromatic carbocycles. The Kier molecular flexibility index (Phi) is 4.32. The first kappa shape index (κ1) is 19.1. The summed E-state index contributed by atoms with van der Waals surface area (Å²) in [6, 6.07) is 7.24. The molecule has 0 bridgehead atoms. The van der Waals surface area contributed by atoms with Crippen molar-refractivity contribution < 1.29 is 9.59 Å². The third kappa shape index (κ3) is 2.96. The average molecular weight is 406 g/mol. The molecular formula is C23H27N5O2. The molecule has 0 aliphatic carbocycles. The van der Waals surface area contributed by atoms with Crippen molar-refractivity contribution >= 4 is 29.1 Å². The van der Waals surface area contributed by atoms with Gasteiger partial charge >= 0.3 is 6.03 Å². The van der Waals surface area contributed by atoms with E-state index in [1.807, 2.05) is 30.9 Å². The summed E-state index contributed by atoms with van der Waals surface area (Å²) in [6.45, 7) is 7.66. The number of nitrogens with one attached hydrogen (secondary N) is 1. The maximum absolute atomic E-state index is 13.7. The van der Waals surface area contributed by atoms with Crippen molar-refractivity contribution in [2.45, 2.75) is 26.7 Å². The number of carbonyl (C=O) groups excluding carboxylic acids is 2. The van der Waals surface area contributed by atoms with Crippen LogP contribution in [0.2, 0.25) is 0 Å². The molecule has 3 amide bonds. The number of rotatable bonds is 0. The Bertz CT molecular complexity index is 1030. The van der Waals surface area contributed by atoms with Gasteiger partial charge in [0.2, 0.25) is 0 Å². The molecule has 1 N–H and O–H groups in total. The number of urea groups is 1. The van der Waals surface area contributed by atoms with Gasteiger partial charge in [0, 0.05) is 24.7 Å². The number of hydrogen-bond acceptors (Lipinski definition) is 4. The van der Waals surface area contributed by atoms with Crippen LogP contribution in [0.3, 0.4) is 0 Å². The molecular weight excluding hydrogens is 378 g/mol. The van der Waals surface area contributed by atoms with E-state index < -0.39 is 0 Å². The number of hydrogen-bond donors (Lipinski definition) is 1. The van der Waals surface area contributed by atoms with Crippen LogP contribution in [0.25, 0.3) is 0 Å². The molecule has 3 aliphatic rings. The number of amides is 3. The first-order chi connectivity index (χ1) is 14.4. The highest BCUT2D eigenvalue weighted by molar-refractivity contribution is 6.17. The zero-order chi connectivity index (χ0) is 21.0. The minimum atomic E-state index is -0.215. The predicted octanol–water partition coefficient (Wildman–Crippen LogP) is 3.55. The van der Waals surface area contributed by atoms with Crippen LogP contribution in [-0.4, -0.2) is 59.9 Å². The molecule has 2 aromatic rings. The molecule has 2 fully saturated rings. The largest absolute Gasteiger partial charge is 0.330 e. The molecule has 5 rings (SSSR count). The molecule has 4 heterocycles. The van der Waals surface area contributed by atoms with Gasteiger partial charge in [0.05, 0.1) is 16.9 Å². The Labute approximate surface area is 176 Å². The summed E-state index contributed by atoms with van der Waals surface area (Å²) in [4.78, 5) is 37.0. The number of benzene rings is 1. The number of pyridine rings is 1. The molecule has 1 spiro atoms. The summed E-state index contributed by atoms with van der Waals surface area (Å²) >= 11 is 0. The Morgan fingerprint density at radius 1 is 1.13 bits per heavy atom. The number of piperidine rings is 1. The molecule has 3 aliphatic heterocycles. The zero-order valence-corrected chi connectivity index (χ0v) is 17.7. The second-order valence-corrected chi connectivity index (χ2v) is 9.06. The summed E-state index contributed by atoms with van der Waals surface area (Å²) in [6.07, 6.45) is 3.90. The van der Waals surface area contributed by atoms with Crippen LogP contribution in [0.15, 0.2) is 30.5 Å². The van der Waals surface area contributed by atoms with E-state index in [2.05, 4.69) is 22.2 Å². The Morgan fingerprint density at radius 3 is 2.57 bits per heavy atom. The molecule has 7 heteroatoms. The first-order valence-electron chi connectivity index (χ1n) is 10.5. The average Bonchev–Trinajstić information content (AvgIpc) is 2.81. The second-order valence-electron chi connectivity index (χ2n) is 9.06. The van der Waals surface area contributed by atoms with E-state index in [0.717, 1.165) is 50.1 Å². The fraction of sp³-hybridized carbons (Fsp3) is 0.435. The number of aromatic nitrogens is 1. The molecule has 30 heavy (non-hydrogen) atoms. The van der Waals surface area contributed by atoms with Crippen LogP contribution in [0.4, 0.5) is 22.0 Å². The number of likely N-dealkylation sites (tertiary alicyclic amines) is 2. The van der Waals surface area contributed by atoms with Crippen LogP contribution >= 0.6 is 0 Å². The Morgan fingerprint density at radius 2 is 1.83 bits per heavy atom. The molecule has 0 atom stereocenters. The monoisotopic (exact) mass is 405 g/mol. The lowest BCUT2D eigenvalue weighted by Gasteiger charge is -2.54. The van der Waals surface area contributed by atoms with Gasteiger partial charge in [0.1, 0.15) is 0 Å². The summed E-state index contributed by atoms with van der Waals surface area (Å²) in [5.41, 5.74) is 3.94. The van der Waals surface area contributed by atoms with E-state index in [-0.39, 0.29) is 17.4 Å². The standard InChI is InChI=1S/C23H27N5O2/c1-15-11-17-19(12-16(15)2)28(20-18(25-21(17)29)5-4-8-24-20)22(30)27-13-23(14-27)6-9-26(3)10-7-23/h4-5,8,11-12H,6-7,9-10,13-14H2,1-3H3,(H,25,29). The van der Waals surface area contributed by atoms with E-state index in [9.17, 15) is 9.59 Å². The van der Waals surface area contributed by atoms with Crippen LogP contribution < -0.4 is 10.2 Å². The highest BCUT2D eigenvalue weighted by atomic mass is 16.2. The molecule has 0 unspecified atom stereocenters. The van der Waals surface area contributed by atoms with E-state index >= 15 is 0 Å². The van der Waals surface area contributed by atoms with Gasteiger partial charge < -0.3 is 15.1 Å². The number of anilines is 3. The highest BCUT2D eigenvalue weighted by Crippen LogP contribution is 2.43. The normalized spacial score (nSPS) is 20.2. The van der Waals surface area contributed by atoms with Crippen LogP contribution in [0.1, 0.15) is 34.3 Å². The molecule has 0 radical (unpaired) electrons. The Balaban J connectivity index is 1.53. The van der Waals surface area contributed by atoms with Crippen molar-refractivity contribution in [1.82, 2.24) is 14.8 Å². The van der Waals surface area contributed by atoms with Gasteiger partial charge in [-0.1, -0.05) is 0 Å². The summed E-state index contributed by atoms with van der Waals surface area (Å²) in [7, 11) is 2.15. The first-order valence-corrected chi connectivity index (χ1v) is 10.5. The lowest BCUT2D eigenvalue weighted by atomic mass is 9.72. The van der Waals surface area contributed by atoms with Crippen LogP contribution in [-0.2, 0) is 0 Å². The smallest absolute Gasteiger partial charge is 0.323 e. The van der Waals surface area contributed by atoms with E-state index in [0.29, 0.717) is 22.8 Å². The maximum Gasteiger partial charge on any atom is 0.330 e. The van der Waals surface area contributed by atoms with Crippen molar-refractivity contribution in [3.05, 3.63) is 47.2 Å². The van der Waals surface area contributed by atoms with Crippen molar-refractivity contribution in [3.8, 4) is 0 Å². The van der Waals surface area contributed by atoms with Gasteiger partial charge in [0.15, 0.2) is 5.82 Å². The fourth-order valence-electron chi connectivity index (χ4n) is 4.79. The molecule has 156 valence electrons. The predicted molar refractivity (Wildman–Crippen MR) is 116 cm³/mol. The molecule has 1 aromatic heterocycles. The van der Waals surface area contributed by atoms with Crippen molar-refractivity contribution in [1.29, 1.82) is 0 Å². The van der Waals surface area contributed by atoms with Gasteiger partial charge in [0.25, 0.3) is 5.91 Å². The van der Waals surface area contributed by atoms with Gasteiger partial charge in [-0.25, -0.2) is 14.7 Å². The SMILES string of the molecule is Cc1cc2c(cc1C)N(C(=O)N1CC3(CCN(C)CC3)C1)c1ncccc1NC2=O. The lowest BCUT2D eigenvalue weighted by Crippen LogP contribution is -2.63. The third-order valence-electron chi connectivity index (χ3n) is 6.91. The molecule has 2 saturated heterocycles. The number of aryl methyl sites for hydroxylation is 2. The maximum atomic E-state index is 13.7. The lowest BCUT2D eigenvalue weighted by molar-refractivity contribution is -0.0141. The van der Waals surface area contributed by atoms with Gasteiger partial charge in [-0.05, 0) is 82.2 Å². The topological polar surface area (TPSA) is 68.8 Å².